The van der Waals surface area contributed by atoms with Gasteiger partial charge in [-0.1, -0.05) is 55.3 Å². The van der Waals surface area contributed by atoms with Crippen LogP contribution < -0.4 is 5.32 Å². The van der Waals surface area contributed by atoms with Crippen LogP contribution in [0.25, 0.3) is 5.70 Å². The Morgan fingerprint density at radius 2 is 1.96 bits per heavy atom. The molecule has 0 saturated carbocycles. The molecule has 0 radical (unpaired) electrons. The van der Waals surface area contributed by atoms with Crippen LogP contribution in [0.3, 0.4) is 0 Å². The molecule has 3 aromatic rings. The number of rotatable bonds is 4. The highest BCUT2D eigenvalue weighted by Gasteiger charge is 2.25. The van der Waals surface area contributed by atoms with Gasteiger partial charge in [0.1, 0.15) is 6.04 Å². The van der Waals surface area contributed by atoms with E-state index in [0.29, 0.717) is 11.9 Å². The number of nitro groups is 1. The molecule has 0 amide bonds. The number of non-ortho nitro benzene ring substituents is 1. The summed E-state index contributed by atoms with van der Waals surface area (Å²) in [6, 6.07) is 14.5. The number of anilines is 1. The molecule has 0 spiro atoms. The van der Waals surface area contributed by atoms with E-state index < -0.39 is 4.92 Å². The molecular formula is C19H18N6O2. The van der Waals surface area contributed by atoms with E-state index >= 15 is 0 Å². The van der Waals surface area contributed by atoms with Crippen LogP contribution in [0.4, 0.5) is 11.6 Å². The van der Waals surface area contributed by atoms with E-state index in [9.17, 15) is 10.1 Å². The fourth-order valence-corrected chi connectivity index (χ4v) is 3.13. The topological polar surface area (TPSA) is 98.8 Å². The predicted molar refractivity (Wildman–Crippen MR) is 101 cm³/mol. The van der Waals surface area contributed by atoms with E-state index in [1.165, 1.54) is 11.6 Å². The lowest BCUT2D eigenvalue weighted by Gasteiger charge is -2.23. The van der Waals surface area contributed by atoms with E-state index in [4.69, 9.17) is 0 Å². The Bertz CT molecular complexity index is 1020. The zero-order valence-electron chi connectivity index (χ0n) is 14.9. The van der Waals surface area contributed by atoms with Crippen molar-refractivity contribution >= 4 is 17.3 Å². The van der Waals surface area contributed by atoms with Gasteiger partial charge in [-0.2, -0.15) is 4.68 Å². The second-order valence-electron chi connectivity index (χ2n) is 6.73. The van der Waals surface area contributed by atoms with Crippen LogP contribution in [-0.2, 0) is 0 Å². The third-order valence-corrected chi connectivity index (χ3v) is 4.64. The average Bonchev–Trinajstić information content (AvgIpc) is 3.16. The number of benzene rings is 2. The molecular weight excluding hydrogens is 344 g/mol. The number of tetrazole rings is 1. The zero-order chi connectivity index (χ0) is 19.0. The van der Waals surface area contributed by atoms with Crippen LogP contribution >= 0.6 is 0 Å². The number of nitrogens with zero attached hydrogens (tertiary/aromatic N) is 5. The quantitative estimate of drug-likeness (QED) is 0.560. The van der Waals surface area contributed by atoms with Crippen molar-refractivity contribution in [2.24, 2.45) is 0 Å². The zero-order valence-corrected chi connectivity index (χ0v) is 14.9. The van der Waals surface area contributed by atoms with Crippen molar-refractivity contribution in [3.05, 3.63) is 81.4 Å². The van der Waals surface area contributed by atoms with Gasteiger partial charge in [-0.25, -0.2) is 0 Å². The van der Waals surface area contributed by atoms with Gasteiger partial charge in [0.15, 0.2) is 0 Å². The Labute approximate surface area is 155 Å². The second-order valence-corrected chi connectivity index (χ2v) is 6.73. The molecule has 2 heterocycles. The van der Waals surface area contributed by atoms with Crippen molar-refractivity contribution in [3.8, 4) is 0 Å². The van der Waals surface area contributed by atoms with Crippen molar-refractivity contribution in [2.45, 2.75) is 25.8 Å². The maximum absolute atomic E-state index is 11.1. The summed E-state index contributed by atoms with van der Waals surface area (Å²) in [4.78, 5) is 10.7. The maximum atomic E-state index is 11.1. The van der Waals surface area contributed by atoms with Gasteiger partial charge >= 0.3 is 0 Å². The van der Waals surface area contributed by atoms with Gasteiger partial charge in [0.25, 0.3) is 5.69 Å². The third kappa shape index (κ3) is 3.17. The van der Waals surface area contributed by atoms with Gasteiger partial charge < -0.3 is 5.32 Å². The molecule has 0 unspecified atom stereocenters. The molecule has 0 saturated heterocycles. The molecule has 0 bridgehead atoms. The number of nitro benzene ring substituents is 1. The molecule has 2 aromatic carbocycles. The summed E-state index contributed by atoms with van der Waals surface area (Å²) in [6.07, 6.45) is 1.98. The highest BCUT2D eigenvalue weighted by molar-refractivity contribution is 5.77. The second kappa shape index (κ2) is 6.64. The number of fused-ring (bicyclic) bond motifs is 1. The third-order valence-electron chi connectivity index (χ3n) is 4.64. The lowest BCUT2D eigenvalue weighted by atomic mass is 9.98. The molecule has 0 fully saturated rings. The number of hydrogen-bond acceptors (Lipinski definition) is 6. The molecule has 27 heavy (non-hydrogen) atoms. The maximum Gasteiger partial charge on any atom is 0.269 e. The Morgan fingerprint density at radius 3 is 2.67 bits per heavy atom. The van der Waals surface area contributed by atoms with Crippen LogP contribution in [0.5, 0.6) is 0 Å². The van der Waals surface area contributed by atoms with E-state index in [1.807, 2.05) is 12.1 Å². The molecule has 1 N–H and O–H groups in total. The Morgan fingerprint density at radius 1 is 1.19 bits per heavy atom. The van der Waals surface area contributed by atoms with Crippen molar-refractivity contribution in [1.82, 2.24) is 20.2 Å². The van der Waals surface area contributed by atoms with E-state index in [1.54, 1.807) is 16.8 Å². The summed E-state index contributed by atoms with van der Waals surface area (Å²) < 4.78 is 1.62. The number of nitrogens with one attached hydrogen (secondary N) is 1. The van der Waals surface area contributed by atoms with Gasteiger partial charge in [0.05, 0.1) is 4.92 Å². The molecule has 0 aliphatic carbocycles. The molecule has 4 rings (SSSR count). The minimum atomic E-state index is -0.402. The van der Waals surface area contributed by atoms with Gasteiger partial charge in [0.2, 0.25) is 5.95 Å². The highest BCUT2D eigenvalue weighted by Crippen LogP contribution is 2.33. The number of aromatic nitrogens is 4. The highest BCUT2D eigenvalue weighted by atomic mass is 16.6. The van der Waals surface area contributed by atoms with Crippen LogP contribution in [0.1, 0.15) is 42.5 Å². The van der Waals surface area contributed by atoms with Crippen LogP contribution in [-0.4, -0.2) is 25.1 Å². The summed E-state index contributed by atoms with van der Waals surface area (Å²) in [5.41, 5.74) is 3.91. The summed E-state index contributed by atoms with van der Waals surface area (Å²) in [6.45, 7) is 4.30. The molecule has 1 aromatic heterocycles. The van der Waals surface area contributed by atoms with Crippen molar-refractivity contribution < 1.29 is 4.92 Å². The predicted octanol–water partition coefficient (Wildman–Crippen LogP) is 3.76. The van der Waals surface area contributed by atoms with Gasteiger partial charge in [-0.05, 0) is 39.1 Å². The Kier molecular flexibility index (Phi) is 4.15. The Hall–Kier alpha value is -3.55. The minimum absolute atomic E-state index is 0.0388. The molecule has 1 aliphatic rings. The first kappa shape index (κ1) is 16.9. The van der Waals surface area contributed by atoms with Crippen LogP contribution in [0, 0.1) is 10.1 Å². The van der Waals surface area contributed by atoms with E-state index in [0.717, 1.165) is 16.8 Å². The SMILES string of the molecule is CC(C)c1ccc(C2=C[C@@H](c3cccc([N+](=O)[O-])c3)n3nnnc3N2)cc1. The number of allylic oxidation sites excluding steroid dienone is 1. The smallest absolute Gasteiger partial charge is 0.269 e. The molecule has 8 nitrogen and oxygen atoms in total. The molecule has 1 atom stereocenters. The fourth-order valence-electron chi connectivity index (χ4n) is 3.13. The molecule has 136 valence electrons. The molecule has 8 heteroatoms. The van der Waals surface area contributed by atoms with Gasteiger partial charge in [0, 0.05) is 17.8 Å². The summed E-state index contributed by atoms with van der Waals surface area (Å²) in [7, 11) is 0. The summed E-state index contributed by atoms with van der Waals surface area (Å²) in [5.74, 6) is 0.953. The Balaban J connectivity index is 1.76. The monoisotopic (exact) mass is 362 g/mol. The number of hydrogen-bond donors (Lipinski definition) is 1. The average molecular weight is 362 g/mol. The van der Waals surface area contributed by atoms with Gasteiger partial charge in [-0.15, -0.1) is 0 Å². The van der Waals surface area contributed by atoms with Crippen LogP contribution in [0.15, 0.2) is 54.6 Å². The van der Waals surface area contributed by atoms with Crippen molar-refractivity contribution in [2.75, 3.05) is 5.32 Å². The summed E-state index contributed by atoms with van der Waals surface area (Å²) >= 11 is 0. The van der Waals surface area contributed by atoms with Gasteiger partial charge in [-0.3, -0.25) is 10.1 Å². The lowest BCUT2D eigenvalue weighted by Crippen LogP contribution is -2.20. The van der Waals surface area contributed by atoms with E-state index in [-0.39, 0.29) is 11.7 Å². The summed E-state index contributed by atoms with van der Waals surface area (Å²) in [5, 5.41) is 26.2. The van der Waals surface area contributed by atoms with Crippen molar-refractivity contribution in [1.29, 1.82) is 0 Å². The standard InChI is InChI=1S/C19H18N6O2/c1-12(2)13-6-8-14(9-7-13)17-11-18(24-19(20-17)21-22-23-24)15-4-3-5-16(10-15)25(26)27/h3-12,18H,1-2H3,(H,20,21,23)/t18-/m0/s1. The normalized spacial score (nSPS) is 15.8. The first-order valence-electron chi connectivity index (χ1n) is 8.64. The largest absolute Gasteiger partial charge is 0.323 e. The fraction of sp³-hybridized carbons (Fsp3) is 0.211. The lowest BCUT2D eigenvalue weighted by molar-refractivity contribution is -0.384. The first-order valence-corrected chi connectivity index (χ1v) is 8.64. The minimum Gasteiger partial charge on any atom is -0.323 e. The first-order chi connectivity index (χ1) is 13.0. The van der Waals surface area contributed by atoms with Crippen LogP contribution in [0.2, 0.25) is 0 Å². The van der Waals surface area contributed by atoms with Crippen molar-refractivity contribution in [3.63, 3.8) is 0 Å². The van der Waals surface area contributed by atoms with E-state index in [2.05, 4.69) is 59.0 Å². The molecule has 1 aliphatic heterocycles.